The van der Waals surface area contributed by atoms with Crippen molar-refractivity contribution < 1.29 is 37.5 Å². The molecule has 13 heteroatoms. The molecule has 1 saturated carbocycles. The van der Waals surface area contributed by atoms with Crippen LogP contribution in [0.1, 0.15) is 81.2 Å². The lowest BCUT2D eigenvalue weighted by Gasteiger charge is -2.38. The minimum absolute atomic E-state index is 0.0348. The maximum atomic E-state index is 14.2. The normalized spacial score (nSPS) is 21.7. The van der Waals surface area contributed by atoms with Crippen molar-refractivity contribution in [3.63, 3.8) is 0 Å². The standard InChI is InChI=1S/C36H55F2N5O6/c1-20(2)26(32(47)49-35(6,7)8)41-33(48)42-28(34(3,4)5)31(46)43-19-22-25(36(22,9)10)27(43)30(45)40-23(18-24(37)38)29(44)39-17-16-21-14-12-11-13-15-21/h11-15,20,22-28H,16-19H2,1-10H3,(H,39,44)(H,40,45)(H2,41,42,48)/t22-,23?,25-,26-,27-,28+/m0/s1. The number of amides is 5. The highest BCUT2D eigenvalue weighted by molar-refractivity contribution is 5.96. The molecule has 0 spiro atoms. The van der Waals surface area contributed by atoms with Gasteiger partial charge >= 0.3 is 12.0 Å². The monoisotopic (exact) mass is 691 g/mol. The van der Waals surface area contributed by atoms with Gasteiger partial charge < -0.3 is 30.9 Å². The fourth-order valence-electron chi connectivity index (χ4n) is 6.57. The third-order valence-electron chi connectivity index (χ3n) is 9.37. The Bertz CT molecular complexity index is 1360. The summed E-state index contributed by atoms with van der Waals surface area (Å²) in [6.07, 6.45) is -3.27. The van der Waals surface area contributed by atoms with Crippen LogP contribution in [-0.2, 0) is 30.3 Å². The van der Waals surface area contributed by atoms with Gasteiger partial charge in [-0.1, -0.05) is 78.8 Å². The summed E-state index contributed by atoms with van der Waals surface area (Å²) < 4.78 is 32.7. The van der Waals surface area contributed by atoms with Crippen molar-refractivity contribution in [1.82, 2.24) is 26.2 Å². The fraction of sp³-hybridized carbons (Fsp3) is 0.694. The topological polar surface area (TPSA) is 146 Å². The predicted molar refractivity (Wildman–Crippen MR) is 181 cm³/mol. The number of fused-ring (bicyclic) bond motifs is 1. The number of alkyl halides is 2. The molecule has 3 rings (SSSR count). The summed E-state index contributed by atoms with van der Waals surface area (Å²) in [5, 5.41) is 10.6. The molecule has 1 aromatic rings. The Hall–Kier alpha value is -3.77. The Labute approximate surface area is 289 Å². The Balaban J connectivity index is 1.78. The van der Waals surface area contributed by atoms with Gasteiger partial charge in [0.05, 0.1) is 0 Å². The van der Waals surface area contributed by atoms with E-state index in [0.29, 0.717) is 6.42 Å². The number of likely N-dealkylation sites (tertiary alicyclic amines) is 1. The molecule has 0 bridgehead atoms. The van der Waals surface area contributed by atoms with Crippen molar-refractivity contribution in [2.75, 3.05) is 13.1 Å². The van der Waals surface area contributed by atoms with Gasteiger partial charge in [-0.05, 0) is 61.3 Å². The maximum absolute atomic E-state index is 14.2. The zero-order chi connectivity index (χ0) is 37.1. The summed E-state index contributed by atoms with van der Waals surface area (Å²) in [6, 6.07) is 3.94. The van der Waals surface area contributed by atoms with Crippen LogP contribution in [0.4, 0.5) is 13.6 Å². The average molecular weight is 692 g/mol. The largest absolute Gasteiger partial charge is 0.458 e. The molecule has 1 saturated heterocycles. The first-order valence-corrected chi connectivity index (χ1v) is 17.0. The molecule has 1 heterocycles. The molecule has 49 heavy (non-hydrogen) atoms. The highest BCUT2D eigenvalue weighted by atomic mass is 19.3. The van der Waals surface area contributed by atoms with Crippen LogP contribution in [-0.4, -0.2) is 83.9 Å². The summed E-state index contributed by atoms with van der Waals surface area (Å²) in [6.45, 7) is 18.3. The lowest BCUT2D eigenvalue weighted by Crippen LogP contribution is -2.62. The number of piperidine rings is 1. The van der Waals surface area contributed by atoms with Crippen LogP contribution < -0.4 is 21.3 Å². The first kappa shape index (κ1) is 39.7. The average Bonchev–Trinajstić information content (AvgIpc) is 3.28. The summed E-state index contributed by atoms with van der Waals surface area (Å²) >= 11 is 0. The summed E-state index contributed by atoms with van der Waals surface area (Å²) in [5.41, 5.74) is -0.939. The number of halogens is 2. The van der Waals surface area contributed by atoms with E-state index in [4.69, 9.17) is 4.74 Å². The van der Waals surface area contributed by atoms with Crippen LogP contribution in [0.3, 0.4) is 0 Å². The highest BCUT2D eigenvalue weighted by Crippen LogP contribution is 2.65. The minimum Gasteiger partial charge on any atom is -0.458 e. The van der Waals surface area contributed by atoms with Crippen molar-refractivity contribution in [3.8, 4) is 0 Å². The number of carbonyl (C=O) groups excluding carboxylic acids is 5. The summed E-state index contributed by atoms with van der Waals surface area (Å²) in [5.74, 6) is -3.19. The molecule has 5 amide bonds. The lowest BCUT2D eigenvalue weighted by atomic mass is 9.85. The SMILES string of the molecule is CC(C)[C@H](NC(=O)N[C@H](C(=O)N1C[C@H]2[C@@H]([C@H]1C(=O)NC(CC(F)F)C(=O)NCCc1ccccc1)C2(C)C)C(C)(C)C)C(=O)OC(C)(C)C. The molecule has 1 aliphatic carbocycles. The molecule has 1 aliphatic heterocycles. The molecule has 4 N–H and O–H groups in total. The van der Waals surface area contributed by atoms with Crippen molar-refractivity contribution in [1.29, 1.82) is 0 Å². The van der Waals surface area contributed by atoms with Crippen LogP contribution in [0.5, 0.6) is 0 Å². The molecule has 1 unspecified atom stereocenters. The Morgan fingerprint density at radius 1 is 0.959 bits per heavy atom. The number of hydrogen-bond acceptors (Lipinski definition) is 6. The number of benzene rings is 1. The van der Waals surface area contributed by atoms with Gasteiger partial charge in [0.15, 0.2) is 0 Å². The van der Waals surface area contributed by atoms with Gasteiger partial charge in [-0.15, -0.1) is 0 Å². The van der Waals surface area contributed by atoms with Crippen LogP contribution >= 0.6 is 0 Å². The van der Waals surface area contributed by atoms with Crippen molar-refractivity contribution in [2.45, 2.75) is 118 Å². The van der Waals surface area contributed by atoms with E-state index in [2.05, 4.69) is 21.3 Å². The molecule has 0 aromatic heterocycles. The second-order valence-corrected chi connectivity index (χ2v) is 16.3. The second kappa shape index (κ2) is 15.4. The molecule has 2 aliphatic rings. The van der Waals surface area contributed by atoms with E-state index in [1.165, 1.54) is 4.90 Å². The van der Waals surface area contributed by atoms with Crippen LogP contribution in [0, 0.1) is 28.6 Å². The Morgan fingerprint density at radius 2 is 1.57 bits per heavy atom. The number of rotatable bonds is 13. The van der Waals surface area contributed by atoms with E-state index in [1.54, 1.807) is 55.4 Å². The number of nitrogens with zero attached hydrogens (tertiary/aromatic N) is 1. The number of ether oxygens (including phenoxy) is 1. The molecule has 1 aromatic carbocycles. The van der Waals surface area contributed by atoms with E-state index < -0.39 is 77.8 Å². The first-order valence-electron chi connectivity index (χ1n) is 17.0. The molecule has 11 nitrogen and oxygen atoms in total. The Kier molecular flexibility index (Phi) is 12.5. The van der Waals surface area contributed by atoms with Crippen LogP contribution in [0.25, 0.3) is 0 Å². The van der Waals surface area contributed by atoms with Crippen molar-refractivity contribution in [3.05, 3.63) is 35.9 Å². The van der Waals surface area contributed by atoms with E-state index in [-0.39, 0.29) is 36.3 Å². The van der Waals surface area contributed by atoms with Gasteiger partial charge in [-0.2, -0.15) is 0 Å². The number of esters is 1. The van der Waals surface area contributed by atoms with Crippen molar-refractivity contribution in [2.24, 2.45) is 28.6 Å². The molecular weight excluding hydrogens is 636 g/mol. The zero-order valence-corrected chi connectivity index (χ0v) is 30.5. The maximum Gasteiger partial charge on any atom is 0.329 e. The summed E-state index contributed by atoms with van der Waals surface area (Å²) in [4.78, 5) is 68.7. The van der Waals surface area contributed by atoms with Gasteiger partial charge in [0.2, 0.25) is 24.1 Å². The molecule has 6 atom stereocenters. The molecule has 274 valence electrons. The van der Waals surface area contributed by atoms with E-state index >= 15 is 0 Å². The van der Waals surface area contributed by atoms with Gasteiger partial charge in [0.25, 0.3) is 0 Å². The first-order chi connectivity index (χ1) is 22.5. The highest BCUT2D eigenvalue weighted by Gasteiger charge is 2.70. The van der Waals surface area contributed by atoms with Crippen molar-refractivity contribution >= 4 is 29.7 Å². The number of urea groups is 1. The van der Waals surface area contributed by atoms with Gasteiger partial charge in [0, 0.05) is 19.5 Å². The third-order valence-corrected chi connectivity index (χ3v) is 9.37. The second-order valence-electron chi connectivity index (χ2n) is 16.3. The van der Waals surface area contributed by atoms with E-state index in [1.807, 2.05) is 44.2 Å². The molecule has 0 radical (unpaired) electrons. The molecule has 2 fully saturated rings. The zero-order valence-electron chi connectivity index (χ0n) is 30.5. The van der Waals surface area contributed by atoms with E-state index in [0.717, 1.165) is 5.56 Å². The van der Waals surface area contributed by atoms with E-state index in [9.17, 15) is 32.8 Å². The molecular formula is C36H55F2N5O6. The van der Waals surface area contributed by atoms with Gasteiger partial charge in [-0.3, -0.25) is 14.4 Å². The Morgan fingerprint density at radius 3 is 2.10 bits per heavy atom. The quantitative estimate of drug-likeness (QED) is 0.230. The summed E-state index contributed by atoms with van der Waals surface area (Å²) in [7, 11) is 0. The fourth-order valence-corrected chi connectivity index (χ4v) is 6.57. The van der Waals surface area contributed by atoms with Gasteiger partial charge in [-0.25, -0.2) is 18.4 Å². The third kappa shape index (κ3) is 10.4. The number of nitrogens with one attached hydrogen (secondary N) is 4. The van der Waals surface area contributed by atoms with Gasteiger partial charge in [0.1, 0.15) is 29.8 Å². The minimum atomic E-state index is -2.86. The number of carbonyl (C=O) groups is 5. The smallest absolute Gasteiger partial charge is 0.329 e. The lowest BCUT2D eigenvalue weighted by molar-refractivity contribution is -0.158. The number of hydrogen-bond donors (Lipinski definition) is 4. The predicted octanol–water partition coefficient (Wildman–Crippen LogP) is 4.05. The van der Waals surface area contributed by atoms with Crippen LogP contribution in [0.15, 0.2) is 30.3 Å². The van der Waals surface area contributed by atoms with Crippen LogP contribution in [0.2, 0.25) is 0 Å².